The molecule has 0 aromatic heterocycles. The zero-order valence-corrected chi connectivity index (χ0v) is 12.3. The van der Waals surface area contributed by atoms with Gasteiger partial charge in [0.2, 0.25) is 0 Å². The fourth-order valence-corrected chi connectivity index (χ4v) is 3.93. The first kappa shape index (κ1) is 13.8. The first-order valence-corrected chi connectivity index (χ1v) is 7.64. The molecule has 2 nitrogen and oxygen atoms in total. The van der Waals surface area contributed by atoms with Crippen LogP contribution in [0.2, 0.25) is 0 Å². The number of benzene rings is 1. The first-order valence-electron chi connectivity index (χ1n) is 6.76. The molecule has 1 aromatic rings. The van der Waals surface area contributed by atoms with Crippen molar-refractivity contribution in [2.75, 3.05) is 13.6 Å². The Labute approximate surface area is 114 Å². The van der Waals surface area contributed by atoms with Gasteiger partial charge in [-0.25, -0.2) is 0 Å². The number of phenolic OH excluding ortho intramolecular Hbond substituents is 1. The lowest BCUT2D eigenvalue weighted by atomic mass is 10.0. The Morgan fingerprint density at radius 1 is 1.44 bits per heavy atom. The topological polar surface area (TPSA) is 23.5 Å². The molecule has 0 amide bonds. The van der Waals surface area contributed by atoms with Crippen LogP contribution in [0.25, 0.3) is 0 Å². The smallest absolute Gasteiger partial charge is 0.118 e. The summed E-state index contributed by atoms with van der Waals surface area (Å²) in [6.45, 7) is 5.44. The number of thioether (sulfide) groups is 1. The second kappa shape index (κ2) is 5.98. The molecule has 1 aromatic carbocycles. The van der Waals surface area contributed by atoms with Crippen molar-refractivity contribution in [3.8, 4) is 5.75 Å². The second-order valence-electron chi connectivity index (χ2n) is 5.26. The van der Waals surface area contributed by atoms with Crippen LogP contribution < -0.4 is 0 Å². The summed E-state index contributed by atoms with van der Waals surface area (Å²) in [5.74, 6) is 0.397. The quantitative estimate of drug-likeness (QED) is 0.902. The molecule has 100 valence electrons. The molecule has 0 saturated carbocycles. The SMILES string of the molecule is CC[C@H]1C[C@H](Sc2ccc(O)c(C)c2)CCN1C. The maximum atomic E-state index is 9.55. The third kappa shape index (κ3) is 3.21. The normalized spacial score (nSPS) is 25.3. The molecule has 1 N–H and O–H groups in total. The van der Waals surface area contributed by atoms with Crippen LogP contribution in [-0.2, 0) is 0 Å². The Morgan fingerprint density at radius 3 is 2.89 bits per heavy atom. The van der Waals surface area contributed by atoms with E-state index in [4.69, 9.17) is 0 Å². The molecule has 0 radical (unpaired) electrons. The molecule has 2 atom stereocenters. The average Bonchev–Trinajstić information content (AvgIpc) is 2.36. The fraction of sp³-hybridized carbons (Fsp3) is 0.600. The molecule has 2 rings (SSSR count). The van der Waals surface area contributed by atoms with Crippen LogP contribution in [0, 0.1) is 6.92 Å². The van der Waals surface area contributed by atoms with Gasteiger partial charge >= 0.3 is 0 Å². The number of likely N-dealkylation sites (tertiary alicyclic amines) is 1. The third-order valence-electron chi connectivity index (χ3n) is 3.90. The van der Waals surface area contributed by atoms with Crippen LogP contribution in [0.3, 0.4) is 0 Å². The predicted molar refractivity (Wildman–Crippen MR) is 78.4 cm³/mol. The molecular weight excluding hydrogens is 242 g/mol. The lowest BCUT2D eigenvalue weighted by molar-refractivity contribution is 0.185. The van der Waals surface area contributed by atoms with E-state index >= 15 is 0 Å². The highest BCUT2D eigenvalue weighted by molar-refractivity contribution is 8.00. The molecule has 0 bridgehead atoms. The van der Waals surface area contributed by atoms with E-state index in [0.717, 1.165) is 16.9 Å². The summed E-state index contributed by atoms with van der Waals surface area (Å²) >= 11 is 1.97. The van der Waals surface area contributed by atoms with E-state index in [1.165, 1.54) is 30.7 Å². The summed E-state index contributed by atoms with van der Waals surface area (Å²) in [6, 6.07) is 6.67. The van der Waals surface area contributed by atoms with Gasteiger partial charge in [0.05, 0.1) is 0 Å². The molecule has 0 spiro atoms. The van der Waals surface area contributed by atoms with Crippen molar-refractivity contribution in [2.24, 2.45) is 0 Å². The van der Waals surface area contributed by atoms with E-state index < -0.39 is 0 Å². The zero-order chi connectivity index (χ0) is 13.1. The largest absolute Gasteiger partial charge is 0.508 e. The number of phenols is 1. The summed E-state index contributed by atoms with van der Waals surface area (Å²) in [4.78, 5) is 3.77. The van der Waals surface area contributed by atoms with Crippen LogP contribution in [-0.4, -0.2) is 34.9 Å². The van der Waals surface area contributed by atoms with Gasteiger partial charge in [-0.15, -0.1) is 11.8 Å². The van der Waals surface area contributed by atoms with Gasteiger partial charge in [0.25, 0.3) is 0 Å². The minimum absolute atomic E-state index is 0.397. The van der Waals surface area contributed by atoms with E-state index in [2.05, 4.69) is 24.9 Å². The van der Waals surface area contributed by atoms with Gasteiger partial charge in [-0.1, -0.05) is 6.92 Å². The highest BCUT2D eigenvalue weighted by atomic mass is 32.2. The first-order chi connectivity index (χ1) is 8.60. The van der Waals surface area contributed by atoms with Crippen LogP contribution in [0.1, 0.15) is 31.7 Å². The zero-order valence-electron chi connectivity index (χ0n) is 11.5. The van der Waals surface area contributed by atoms with Crippen molar-refractivity contribution < 1.29 is 5.11 Å². The molecule has 0 unspecified atom stereocenters. The predicted octanol–water partition coefficient (Wildman–Crippen LogP) is 3.67. The Hall–Kier alpha value is -0.670. The number of rotatable bonds is 3. The van der Waals surface area contributed by atoms with Crippen LogP contribution in [0.5, 0.6) is 5.75 Å². The molecule has 0 aliphatic carbocycles. The maximum Gasteiger partial charge on any atom is 0.118 e. The van der Waals surface area contributed by atoms with Crippen molar-refractivity contribution >= 4 is 11.8 Å². The standard InChI is InChI=1S/C15H23NOS/c1-4-12-10-14(7-8-16(12)3)18-13-5-6-15(17)11(2)9-13/h5-6,9,12,14,17H,4,7-8,10H2,1-3H3/t12-,14+/m0/s1. The molecule has 1 aliphatic rings. The number of hydrogen-bond donors (Lipinski definition) is 1. The lowest BCUT2D eigenvalue weighted by Gasteiger charge is -2.36. The summed E-state index contributed by atoms with van der Waals surface area (Å²) in [6.07, 6.45) is 3.78. The van der Waals surface area contributed by atoms with Crippen molar-refractivity contribution in [2.45, 2.75) is 49.3 Å². The number of hydrogen-bond acceptors (Lipinski definition) is 3. The van der Waals surface area contributed by atoms with E-state index in [1.54, 1.807) is 0 Å². The highest BCUT2D eigenvalue weighted by Crippen LogP contribution is 2.34. The minimum atomic E-state index is 0.397. The third-order valence-corrected chi connectivity index (χ3v) is 5.19. The van der Waals surface area contributed by atoms with Crippen molar-refractivity contribution in [3.05, 3.63) is 23.8 Å². The molecule has 18 heavy (non-hydrogen) atoms. The van der Waals surface area contributed by atoms with Gasteiger partial charge in [-0.05, 0) is 63.5 Å². The molecule has 1 saturated heterocycles. The Balaban J connectivity index is 1.99. The number of aromatic hydroxyl groups is 1. The van der Waals surface area contributed by atoms with Gasteiger partial charge in [-0.2, -0.15) is 0 Å². The van der Waals surface area contributed by atoms with Crippen molar-refractivity contribution in [3.63, 3.8) is 0 Å². The summed E-state index contributed by atoms with van der Waals surface area (Å²) in [5.41, 5.74) is 0.972. The number of piperidine rings is 1. The van der Waals surface area contributed by atoms with Gasteiger partial charge in [0.1, 0.15) is 5.75 Å². The van der Waals surface area contributed by atoms with Gasteiger partial charge < -0.3 is 10.0 Å². The van der Waals surface area contributed by atoms with Crippen LogP contribution >= 0.6 is 11.8 Å². The van der Waals surface area contributed by atoms with Crippen LogP contribution in [0.15, 0.2) is 23.1 Å². The summed E-state index contributed by atoms with van der Waals surface area (Å²) in [7, 11) is 2.24. The lowest BCUT2D eigenvalue weighted by Crippen LogP contribution is -2.40. The Bertz CT molecular complexity index is 407. The van der Waals surface area contributed by atoms with E-state index in [0.29, 0.717) is 5.75 Å². The second-order valence-corrected chi connectivity index (χ2v) is 6.63. The molecule has 1 heterocycles. The minimum Gasteiger partial charge on any atom is -0.508 e. The molecule has 3 heteroatoms. The van der Waals surface area contributed by atoms with Crippen molar-refractivity contribution in [1.82, 2.24) is 4.90 Å². The monoisotopic (exact) mass is 265 g/mol. The highest BCUT2D eigenvalue weighted by Gasteiger charge is 2.25. The fourth-order valence-electron chi connectivity index (χ4n) is 2.61. The molecular formula is C15H23NOS. The van der Waals surface area contributed by atoms with Gasteiger partial charge in [-0.3, -0.25) is 0 Å². The summed E-state index contributed by atoms with van der Waals surface area (Å²) < 4.78 is 0. The molecule has 1 aliphatic heterocycles. The Morgan fingerprint density at radius 2 is 2.22 bits per heavy atom. The summed E-state index contributed by atoms with van der Waals surface area (Å²) in [5, 5.41) is 10.3. The average molecular weight is 265 g/mol. The number of nitrogens with zero attached hydrogens (tertiary/aromatic N) is 1. The van der Waals surface area contributed by atoms with Crippen LogP contribution in [0.4, 0.5) is 0 Å². The number of aryl methyl sites for hydroxylation is 1. The van der Waals surface area contributed by atoms with E-state index in [9.17, 15) is 5.11 Å². The van der Waals surface area contributed by atoms with E-state index in [1.807, 2.05) is 30.8 Å². The maximum absolute atomic E-state index is 9.55. The Kier molecular flexibility index (Phi) is 4.57. The van der Waals surface area contributed by atoms with Crippen molar-refractivity contribution in [1.29, 1.82) is 0 Å². The van der Waals surface area contributed by atoms with Gasteiger partial charge in [0, 0.05) is 16.2 Å². The van der Waals surface area contributed by atoms with Gasteiger partial charge in [0.15, 0.2) is 0 Å². The molecule has 1 fully saturated rings. The van der Waals surface area contributed by atoms with E-state index in [-0.39, 0.29) is 0 Å².